The fraction of sp³-hybridized carbons (Fsp3) is 0.841. The maximum Gasteiger partial charge on any atom is 0.472 e. The van der Waals surface area contributed by atoms with Crippen molar-refractivity contribution in [3.8, 4) is 0 Å². The molecule has 0 aliphatic carbocycles. The van der Waals surface area contributed by atoms with Crippen molar-refractivity contribution in [2.24, 2.45) is 5.73 Å². The number of allylic oxidation sites excluding steroid dienone is 5. The molecule has 0 radical (unpaired) electrons. The number of phosphoric acid groups is 1. The first kappa shape index (κ1) is 51.7. The number of unbranched alkanes of at least 4 members (excludes halogenated alkanes) is 25. The van der Waals surface area contributed by atoms with Crippen molar-refractivity contribution < 1.29 is 28.4 Å². The fourth-order valence-corrected chi connectivity index (χ4v) is 7.08. The minimum Gasteiger partial charge on any atom is -0.387 e. The smallest absolute Gasteiger partial charge is 0.387 e. The van der Waals surface area contributed by atoms with Gasteiger partial charge in [0, 0.05) is 13.0 Å². The second-order valence-corrected chi connectivity index (χ2v) is 16.3. The first-order valence-electron chi connectivity index (χ1n) is 22.1. The van der Waals surface area contributed by atoms with Crippen LogP contribution in [0.25, 0.3) is 0 Å². The summed E-state index contributed by atoms with van der Waals surface area (Å²) in [6.07, 6.45) is 47.6. The molecule has 5 N–H and O–H groups in total. The van der Waals surface area contributed by atoms with E-state index in [1.165, 1.54) is 148 Å². The van der Waals surface area contributed by atoms with Gasteiger partial charge in [0.05, 0.1) is 25.4 Å². The van der Waals surface area contributed by atoms with Gasteiger partial charge in [-0.1, -0.05) is 179 Å². The Morgan fingerprint density at radius 1 is 0.604 bits per heavy atom. The summed E-state index contributed by atoms with van der Waals surface area (Å²) in [7, 11) is -4.35. The highest BCUT2D eigenvalue weighted by atomic mass is 31.2. The second kappa shape index (κ2) is 40.4. The second-order valence-electron chi connectivity index (χ2n) is 14.9. The predicted molar refractivity (Wildman–Crippen MR) is 226 cm³/mol. The van der Waals surface area contributed by atoms with Gasteiger partial charge in [-0.3, -0.25) is 13.8 Å². The summed E-state index contributed by atoms with van der Waals surface area (Å²) in [6, 6.07) is -0.878. The van der Waals surface area contributed by atoms with Gasteiger partial charge in [-0.15, -0.1) is 0 Å². The molecule has 0 aliphatic heterocycles. The number of nitrogens with two attached hydrogens (primary N) is 1. The molecule has 0 spiro atoms. The SMILES string of the molecule is CCCCCCCCC/C=C\CCCCCCCCCC(=O)NC(COP(=O)(O)OCCN)C(O)/C=C/CC/C=C/CCCCCCCCCCCC. The van der Waals surface area contributed by atoms with Gasteiger partial charge in [-0.25, -0.2) is 4.57 Å². The molecule has 3 unspecified atom stereocenters. The molecule has 0 bridgehead atoms. The topological polar surface area (TPSA) is 131 Å². The first-order chi connectivity index (χ1) is 25.9. The van der Waals surface area contributed by atoms with E-state index in [4.69, 9.17) is 14.8 Å². The molecule has 0 rings (SSSR count). The number of phosphoric ester groups is 1. The number of hydrogen-bond donors (Lipinski definition) is 4. The fourth-order valence-electron chi connectivity index (χ4n) is 6.32. The Balaban J connectivity index is 4.25. The Morgan fingerprint density at radius 3 is 1.45 bits per heavy atom. The molecule has 0 saturated heterocycles. The number of nitrogens with one attached hydrogen (secondary N) is 1. The maximum absolute atomic E-state index is 12.8. The number of carbonyl (C=O) groups excluding carboxylic acids is 1. The summed E-state index contributed by atoms with van der Waals surface area (Å²) in [5.41, 5.74) is 5.37. The molecule has 0 aliphatic rings. The summed E-state index contributed by atoms with van der Waals surface area (Å²) >= 11 is 0. The average molecular weight is 769 g/mol. The Hall–Kier alpha value is -1.28. The van der Waals surface area contributed by atoms with Crippen LogP contribution in [0.5, 0.6) is 0 Å². The predicted octanol–water partition coefficient (Wildman–Crippen LogP) is 12.3. The van der Waals surface area contributed by atoms with Crippen molar-refractivity contribution in [1.29, 1.82) is 0 Å². The van der Waals surface area contributed by atoms with Crippen LogP contribution in [-0.4, -0.2) is 47.8 Å². The molecule has 0 aromatic carbocycles. The summed E-state index contributed by atoms with van der Waals surface area (Å²) < 4.78 is 22.1. The van der Waals surface area contributed by atoms with E-state index in [2.05, 4.69) is 43.5 Å². The van der Waals surface area contributed by atoms with E-state index in [-0.39, 0.29) is 25.7 Å². The monoisotopic (exact) mass is 769 g/mol. The van der Waals surface area contributed by atoms with Gasteiger partial charge in [-0.2, -0.15) is 0 Å². The van der Waals surface area contributed by atoms with Gasteiger partial charge in [0.25, 0.3) is 0 Å². The van der Waals surface area contributed by atoms with Crippen LogP contribution in [0.2, 0.25) is 0 Å². The zero-order valence-corrected chi connectivity index (χ0v) is 35.4. The van der Waals surface area contributed by atoms with Crippen molar-refractivity contribution >= 4 is 13.7 Å². The van der Waals surface area contributed by atoms with Crippen LogP contribution in [0.15, 0.2) is 36.5 Å². The summed E-state index contributed by atoms with van der Waals surface area (Å²) in [5, 5.41) is 13.6. The molecule has 3 atom stereocenters. The van der Waals surface area contributed by atoms with E-state index in [1.807, 2.05) is 6.08 Å². The van der Waals surface area contributed by atoms with Crippen LogP contribution in [0.4, 0.5) is 0 Å². The lowest BCUT2D eigenvalue weighted by molar-refractivity contribution is -0.123. The van der Waals surface area contributed by atoms with Gasteiger partial charge in [-0.05, 0) is 57.8 Å². The van der Waals surface area contributed by atoms with E-state index in [1.54, 1.807) is 6.08 Å². The highest BCUT2D eigenvalue weighted by Crippen LogP contribution is 2.43. The quantitative estimate of drug-likeness (QED) is 0.0277. The van der Waals surface area contributed by atoms with Gasteiger partial charge in [0.15, 0.2) is 0 Å². The lowest BCUT2D eigenvalue weighted by Gasteiger charge is -2.23. The zero-order valence-electron chi connectivity index (χ0n) is 34.5. The zero-order chi connectivity index (χ0) is 38.9. The van der Waals surface area contributed by atoms with E-state index < -0.39 is 20.0 Å². The molecule has 8 nitrogen and oxygen atoms in total. The molecule has 1 amide bonds. The maximum atomic E-state index is 12.8. The summed E-state index contributed by atoms with van der Waals surface area (Å²) in [4.78, 5) is 22.7. The number of amides is 1. The molecular weight excluding hydrogens is 683 g/mol. The number of rotatable bonds is 41. The normalized spacial score (nSPS) is 14.4. The first-order valence-corrected chi connectivity index (χ1v) is 23.6. The van der Waals surface area contributed by atoms with E-state index >= 15 is 0 Å². The Kier molecular flexibility index (Phi) is 39.4. The van der Waals surface area contributed by atoms with Crippen LogP contribution in [0.3, 0.4) is 0 Å². The lowest BCUT2D eigenvalue weighted by atomic mass is 10.1. The summed E-state index contributed by atoms with van der Waals surface area (Å²) in [5.74, 6) is -0.208. The lowest BCUT2D eigenvalue weighted by Crippen LogP contribution is -2.45. The summed E-state index contributed by atoms with van der Waals surface area (Å²) in [6.45, 7) is 4.11. The minimum absolute atomic E-state index is 0.0733. The number of hydrogen-bond acceptors (Lipinski definition) is 6. The van der Waals surface area contributed by atoms with Crippen LogP contribution in [0, 0.1) is 0 Å². The highest BCUT2D eigenvalue weighted by molar-refractivity contribution is 7.47. The molecular formula is C44H85N2O6P. The molecule has 0 aromatic rings. The van der Waals surface area contributed by atoms with E-state index in [9.17, 15) is 19.4 Å². The van der Waals surface area contributed by atoms with E-state index in [0.29, 0.717) is 6.42 Å². The van der Waals surface area contributed by atoms with Crippen LogP contribution < -0.4 is 11.1 Å². The number of carbonyl (C=O) groups is 1. The van der Waals surface area contributed by atoms with Crippen molar-refractivity contribution in [3.63, 3.8) is 0 Å². The third kappa shape index (κ3) is 38.8. The molecule has 0 fully saturated rings. The van der Waals surface area contributed by atoms with Gasteiger partial charge >= 0.3 is 7.82 Å². The molecule has 0 saturated carbocycles. The number of aliphatic hydroxyl groups excluding tert-OH is 1. The highest BCUT2D eigenvalue weighted by Gasteiger charge is 2.26. The van der Waals surface area contributed by atoms with Crippen molar-refractivity contribution in [3.05, 3.63) is 36.5 Å². The van der Waals surface area contributed by atoms with Crippen molar-refractivity contribution in [2.45, 2.75) is 219 Å². The Morgan fingerprint density at radius 2 is 1.00 bits per heavy atom. The third-order valence-electron chi connectivity index (χ3n) is 9.69. The third-order valence-corrected chi connectivity index (χ3v) is 10.7. The molecule has 0 aromatic heterocycles. The van der Waals surface area contributed by atoms with Gasteiger partial charge < -0.3 is 21.1 Å². The minimum atomic E-state index is -4.35. The van der Waals surface area contributed by atoms with Crippen molar-refractivity contribution in [1.82, 2.24) is 5.32 Å². The largest absolute Gasteiger partial charge is 0.472 e. The van der Waals surface area contributed by atoms with Crippen LogP contribution >= 0.6 is 7.82 Å². The van der Waals surface area contributed by atoms with Gasteiger partial charge in [0.1, 0.15) is 0 Å². The van der Waals surface area contributed by atoms with Crippen LogP contribution in [0.1, 0.15) is 206 Å². The average Bonchev–Trinajstić information content (AvgIpc) is 3.14. The van der Waals surface area contributed by atoms with Gasteiger partial charge in [0.2, 0.25) is 5.91 Å². The van der Waals surface area contributed by atoms with E-state index in [0.717, 1.165) is 38.5 Å². The molecule has 312 valence electrons. The van der Waals surface area contributed by atoms with Crippen molar-refractivity contribution in [2.75, 3.05) is 19.8 Å². The molecule has 0 heterocycles. The van der Waals surface area contributed by atoms with Crippen LogP contribution in [-0.2, 0) is 18.4 Å². The Bertz CT molecular complexity index is 928. The molecule has 53 heavy (non-hydrogen) atoms. The number of aliphatic hydroxyl groups is 1. The standard InChI is InChI=1S/C44H85N2O6P/c1-3-5-7-9-11-13-15-17-19-21-22-24-26-28-30-32-34-36-38-44(48)46-42(41-52-53(49,50)51-40-39-45)43(47)37-35-33-31-29-27-25-23-20-18-16-14-12-10-8-6-4-2/h19,21,27,29,35,37,42-43,47H,3-18,20,22-26,28,30-34,36,38-41,45H2,1-2H3,(H,46,48)(H,49,50)/b21-19-,29-27+,37-35+. The Labute approximate surface area is 327 Å². The molecule has 9 heteroatoms.